The van der Waals surface area contributed by atoms with Crippen LogP contribution < -0.4 is 10.2 Å². The largest absolute Gasteiger partial charge is 0.369 e. The molecule has 2 unspecified atom stereocenters. The summed E-state index contributed by atoms with van der Waals surface area (Å²) in [5, 5.41) is 2.36. The summed E-state index contributed by atoms with van der Waals surface area (Å²) in [5.41, 5.74) is 6.07. The highest BCUT2D eigenvalue weighted by atomic mass is 32.1. The van der Waals surface area contributed by atoms with Crippen LogP contribution in [0.2, 0.25) is 0 Å². The number of nitrogens with one attached hydrogen (secondary N) is 1. The van der Waals surface area contributed by atoms with Crippen LogP contribution in [0.5, 0.6) is 0 Å². The fourth-order valence-corrected chi connectivity index (χ4v) is 5.58. The zero-order chi connectivity index (χ0) is 22.2. The summed E-state index contributed by atoms with van der Waals surface area (Å²) in [5.74, 6) is -0.377. The van der Waals surface area contributed by atoms with Gasteiger partial charge in [0.15, 0.2) is 0 Å². The minimum absolute atomic E-state index is 0.124. The van der Waals surface area contributed by atoms with Crippen molar-refractivity contribution in [3.05, 3.63) is 58.9 Å². The Labute approximate surface area is 194 Å². The molecule has 1 aromatic heterocycles. The van der Waals surface area contributed by atoms with Crippen molar-refractivity contribution in [2.24, 2.45) is 0 Å². The number of carbonyl (C=O) groups is 2. The van der Waals surface area contributed by atoms with Crippen molar-refractivity contribution in [3.8, 4) is 0 Å². The molecular weight excluding hydrogens is 422 g/mol. The first-order valence-electron chi connectivity index (χ1n) is 11.3. The minimum Gasteiger partial charge on any atom is -0.369 e. The molecule has 1 N–H and O–H groups in total. The molecule has 3 aliphatic rings. The smallest absolute Gasteiger partial charge is 0.243 e. The highest BCUT2D eigenvalue weighted by Gasteiger charge is 2.39. The highest BCUT2D eigenvalue weighted by Crippen LogP contribution is 2.40. The van der Waals surface area contributed by atoms with E-state index in [0.29, 0.717) is 19.4 Å². The number of fused-ring (bicyclic) bond motifs is 1. The maximum atomic E-state index is 12.4. The molecule has 2 amide bonds. The molecule has 32 heavy (non-hydrogen) atoms. The van der Waals surface area contributed by atoms with Crippen LogP contribution in [-0.2, 0) is 22.7 Å². The average Bonchev–Trinajstić information content (AvgIpc) is 3.12. The maximum Gasteiger partial charge on any atom is 0.243 e. The number of thiol groups is 1. The number of carbonyl (C=O) groups excluding carboxylic acids is 2. The number of hydrogen-bond donors (Lipinski definition) is 2. The van der Waals surface area contributed by atoms with Crippen molar-refractivity contribution in [3.63, 3.8) is 0 Å². The third kappa shape index (κ3) is 4.14. The summed E-state index contributed by atoms with van der Waals surface area (Å²) in [7, 11) is 0. The number of imide groups is 1. The molecule has 2 fully saturated rings. The van der Waals surface area contributed by atoms with Crippen molar-refractivity contribution in [1.29, 1.82) is 0 Å². The fraction of sp³-hybridized carbons (Fsp3) is 0.458. The zero-order valence-electron chi connectivity index (χ0n) is 18.3. The lowest BCUT2D eigenvalue weighted by Gasteiger charge is -2.36. The number of aryl methyl sites for hydroxylation is 1. The Kier molecular flexibility index (Phi) is 5.92. The van der Waals surface area contributed by atoms with E-state index in [2.05, 4.69) is 55.3 Å². The number of nitrogens with zero attached hydrogens (tertiary/aromatic N) is 4. The number of piperidine rings is 1. The Bertz CT molecular complexity index is 1040. The molecule has 1 aromatic carbocycles. The van der Waals surface area contributed by atoms with Gasteiger partial charge < -0.3 is 4.90 Å². The molecule has 0 spiro atoms. The van der Waals surface area contributed by atoms with Crippen molar-refractivity contribution < 1.29 is 9.59 Å². The number of hydrogen-bond acceptors (Lipinski definition) is 7. The zero-order valence-corrected chi connectivity index (χ0v) is 19.2. The van der Waals surface area contributed by atoms with Crippen molar-refractivity contribution in [2.45, 2.75) is 44.3 Å². The van der Waals surface area contributed by atoms with E-state index in [1.54, 1.807) is 0 Å². The van der Waals surface area contributed by atoms with E-state index < -0.39 is 0 Å². The van der Waals surface area contributed by atoms with Gasteiger partial charge in [0.2, 0.25) is 11.8 Å². The number of rotatable bonds is 4. The SMILES string of the molecule is Cc1cc(N2CCN(Cc3cccc4c3CN(C3CCC(=O)NC3=O)C4S)CC2)ccn1. The van der Waals surface area contributed by atoms with Gasteiger partial charge in [-0.15, -0.1) is 0 Å². The van der Waals surface area contributed by atoms with Crippen LogP contribution >= 0.6 is 12.6 Å². The minimum atomic E-state index is -0.303. The van der Waals surface area contributed by atoms with E-state index >= 15 is 0 Å². The molecule has 168 valence electrons. The fourth-order valence-electron chi connectivity index (χ4n) is 5.10. The Morgan fingerprint density at radius 1 is 1.16 bits per heavy atom. The number of aromatic nitrogens is 1. The Morgan fingerprint density at radius 3 is 2.72 bits per heavy atom. The van der Waals surface area contributed by atoms with E-state index in [1.165, 1.54) is 22.4 Å². The monoisotopic (exact) mass is 451 g/mol. The predicted octanol–water partition coefficient (Wildman–Crippen LogP) is 2.26. The van der Waals surface area contributed by atoms with Crippen LogP contribution in [-0.4, -0.2) is 58.8 Å². The first kappa shape index (κ1) is 21.4. The number of pyridine rings is 1. The van der Waals surface area contributed by atoms with Gasteiger partial charge in [0.1, 0.15) is 0 Å². The normalized spacial score (nSPS) is 24.5. The van der Waals surface area contributed by atoms with Crippen LogP contribution in [0.15, 0.2) is 36.5 Å². The Hall–Kier alpha value is -2.42. The number of amides is 2. The van der Waals surface area contributed by atoms with Gasteiger partial charge in [-0.25, -0.2) is 0 Å². The maximum absolute atomic E-state index is 12.4. The molecule has 2 atom stereocenters. The molecule has 2 aromatic rings. The van der Waals surface area contributed by atoms with Gasteiger partial charge in [0.25, 0.3) is 0 Å². The molecule has 0 saturated carbocycles. The van der Waals surface area contributed by atoms with E-state index in [0.717, 1.165) is 38.4 Å². The quantitative estimate of drug-likeness (QED) is 0.549. The second-order valence-electron chi connectivity index (χ2n) is 8.92. The van der Waals surface area contributed by atoms with Gasteiger partial charge in [0.05, 0.1) is 11.4 Å². The first-order chi connectivity index (χ1) is 15.5. The summed E-state index contributed by atoms with van der Waals surface area (Å²) in [4.78, 5) is 35.4. The number of anilines is 1. The van der Waals surface area contributed by atoms with E-state index in [9.17, 15) is 9.59 Å². The first-order valence-corrected chi connectivity index (χ1v) is 11.8. The predicted molar refractivity (Wildman–Crippen MR) is 126 cm³/mol. The highest BCUT2D eigenvalue weighted by molar-refractivity contribution is 7.80. The van der Waals surface area contributed by atoms with Gasteiger partial charge in [-0.3, -0.25) is 29.7 Å². The Balaban J connectivity index is 1.26. The van der Waals surface area contributed by atoms with Gasteiger partial charge in [-0.05, 0) is 42.2 Å². The summed E-state index contributed by atoms with van der Waals surface area (Å²) in [6, 6.07) is 10.3. The lowest BCUT2D eigenvalue weighted by atomic mass is 10.0. The van der Waals surface area contributed by atoms with Crippen LogP contribution in [0.25, 0.3) is 0 Å². The van der Waals surface area contributed by atoms with E-state index in [1.807, 2.05) is 13.1 Å². The second kappa shape index (κ2) is 8.84. The van der Waals surface area contributed by atoms with Crippen LogP contribution in [0.4, 0.5) is 5.69 Å². The van der Waals surface area contributed by atoms with Gasteiger partial charge in [-0.2, -0.15) is 12.6 Å². The number of piperazine rings is 1. The van der Waals surface area contributed by atoms with Gasteiger partial charge in [-0.1, -0.05) is 18.2 Å². The van der Waals surface area contributed by atoms with Crippen molar-refractivity contribution >= 4 is 30.1 Å². The molecule has 8 heteroatoms. The molecule has 0 aliphatic carbocycles. The van der Waals surface area contributed by atoms with Gasteiger partial charge in [0, 0.05) is 63.3 Å². The van der Waals surface area contributed by atoms with Crippen molar-refractivity contribution in [2.75, 3.05) is 31.1 Å². The standard InChI is InChI=1S/C24H29N5O2S/c1-16-13-18(7-8-25-16)28-11-9-27(10-12-28)14-17-3-2-4-19-20(17)15-29(24(19)32)21-5-6-22(30)26-23(21)31/h2-4,7-8,13,21,24,32H,5-6,9-12,14-15H2,1H3,(H,26,30,31). The van der Waals surface area contributed by atoms with Crippen LogP contribution in [0.3, 0.4) is 0 Å². The van der Waals surface area contributed by atoms with Crippen LogP contribution in [0.1, 0.15) is 40.6 Å². The van der Waals surface area contributed by atoms with E-state index in [4.69, 9.17) is 12.6 Å². The topological polar surface area (TPSA) is 68.8 Å². The molecule has 2 saturated heterocycles. The Morgan fingerprint density at radius 2 is 1.97 bits per heavy atom. The second-order valence-corrected chi connectivity index (χ2v) is 9.41. The summed E-state index contributed by atoms with van der Waals surface area (Å²) in [6.07, 6.45) is 2.83. The molecule has 0 bridgehead atoms. The molecule has 0 radical (unpaired) electrons. The molecule has 7 nitrogen and oxygen atoms in total. The third-order valence-electron chi connectivity index (χ3n) is 6.86. The molecule has 4 heterocycles. The van der Waals surface area contributed by atoms with E-state index in [-0.39, 0.29) is 23.2 Å². The molecule has 3 aliphatic heterocycles. The summed E-state index contributed by atoms with van der Waals surface area (Å²) >= 11 is 4.85. The van der Waals surface area contributed by atoms with Crippen molar-refractivity contribution in [1.82, 2.24) is 20.1 Å². The molecular formula is C24H29N5O2S. The molecule has 5 rings (SSSR count). The summed E-state index contributed by atoms with van der Waals surface area (Å²) in [6.45, 7) is 7.63. The number of benzene rings is 1. The average molecular weight is 452 g/mol. The van der Waals surface area contributed by atoms with Gasteiger partial charge >= 0.3 is 0 Å². The lowest BCUT2D eigenvalue weighted by Crippen LogP contribution is -2.51. The summed E-state index contributed by atoms with van der Waals surface area (Å²) < 4.78 is 0. The van der Waals surface area contributed by atoms with Crippen LogP contribution in [0, 0.1) is 6.92 Å². The third-order valence-corrected chi connectivity index (χ3v) is 7.44. The lowest BCUT2D eigenvalue weighted by molar-refractivity contribution is -0.137.